The first-order valence-electron chi connectivity index (χ1n) is 5.31. The highest BCUT2D eigenvalue weighted by atomic mass is 15.3. The van der Waals surface area contributed by atoms with Crippen molar-refractivity contribution in [2.45, 2.75) is 51.1 Å². The molecule has 1 fully saturated rings. The predicted octanol–water partition coefficient (Wildman–Crippen LogP) is 1.67. The van der Waals surface area contributed by atoms with Crippen molar-refractivity contribution in [2.24, 2.45) is 5.73 Å². The Morgan fingerprint density at radius 3 is 2.64 bits per heavy atom. The van der Waals surface area contributed by atoms with E-state index in [1.165, 1.54) is 5.56 Å². The van der Waals surface area contributed by atoms with E-state index < -0.39 is 0 Å². The van der Waals surface area contributed by atoms with Crippen LogP contribution in [0.15, 0.2) is 12.4 Å². The Labute approximate surface area is 85.3 Å². The molecule has 0 amide bonds. The van der Waals surface area contributed by atoms with Crippen LogP contribution in [0.3, 0.4) is 0 Å². The van der Waals surface area contributed by atoms with Crippen LogP contribution >= 0.6 is 0 Å². The van der Waals surface area contributed by atoms with Crippen LogP contribution in [0.1, 0.15) is 39.2 Å². The Kier molecular flexibility index (Phi) is 1.96. The lowest BCUT2D eigenvalue weighted by Crippen LogP contribution is -2.43. The largest absolute Gasteiger partial charge is 0.324 e. The Hall–Kier alpha value is -0.830. The summed E-state index contributed by atoms with van der Waals surface area (Å²) in [6.45, 7) is 7.46. The monoisotopic (exact) mass is 193 g/mol. The van der Waals surface area contributed by atoms with E-state index in [4.69, 9.17) is 5.73 Å². The van der Waals surface area contributed by atoms with E-state index in [1.54, 1.807) is 0 Å². The van der Waals surface area contributed by atoms with Gasteiger partial charge in [0.2, 0.25) is 0 Å². The van der Waals surface area contributed by atoms with Crippen molar-refractivity contribution < 1.29 is 0 Å². The normalized spacial score (nSPS) is 19.7. The molecule has 1 aliphatic carbocycles. The maximum Gasteiger partial charge on any atom is 0.0527 e. The standard InChI is InChI=1S/C11H19N3/c1-4-14-8-9(7-13-14)10(2,3)11(12)5-6-11/h7-8H,4-6,12H2,1-3H3. The van der Waals surface area contributed by atoms with Gasteiger partial charge in [0.05, 0.1) is 6.20 Å². The summed E-state index contributed by atoms with van der Waals surface area (Å²) in [7, 11) is 0. The van der Waals surface area contributed by atoms with Crippen molar-refractivity contribution in [1.82, 2.24) is 9.78 Å². The van der Waals surface area contributed by atoms with Gasteiger partial charge in [0, 0.05) is 23.7 Å². The number of nitrogens with two attached hydrogens (primary N) is 1. The summed E-state index contributed by atoms with van der Waals surface area (Å²) in [6, 6.07) is 0. The molecule has 3 heteroatoms. The lowest BCUT2D eigenvalue weighted by molar-refractivity contribution is 0.391. The van der Waals surface area contributed by atoms with Crippen LogP contribution in [0.2, 0.25) is 0 Å². The minimum absolute atomic E-state index is 0.00854. The maximum atomic E-state index is 6.27. The minimum atomic E-state index is 0.00854. The molecule has 0 aliphatic heterocycles. The van der Waals surface area contributed by atoms with Gasteiger partial charge in [-0.2, -0.15) is 5.10 Å². The fraction of sp³-hybridized carbons (Fsp3) is 0.727. The van der Waals surface area contributed by atoms with Crippen LogP contribution in [-0.2, 0) is 12.0 Å². The SMILES string of the molecule is CCn1cc(C(C)(C)C2(N)CC2)cn1. The van der Waals surface area contributed by atoms with Gasteiger partial charge in [-0.3, -0.25) is 4.68 Å². The van der Waals surface area contributed by atoms with Crippen LogP contribution in [-0.4, -0.2) is 15.3 Å². The van der Waals surface area contributed by atoms with E-state index in [0.717, 1.165) is 19.4 Å². The van der Waals surface area contributed by atoms with Gasteiger partial charge >= 0.3 is 0 Å². The first-order valence-corrected chi connectivity index (χ1v) is 5.31. The zero-order chi connectivity index (χ0) is 10.4. The second kappa shape index (κ2) is 2.83. The van der Waals surface area contributed by atoms with Gasteiger partial charge in [0.1, 0.15) is 0 Å². The lowest BCUT2D eigenvalue weighted by atomic mass is 9.77. The highest BCUT2D eigenvalue weighted by molar-refractivity contribution is 5.29. The summed E-state index contributed by atoms with van der Waals surface area (Å²) in [6.07, 6.45) is 6.35. The van der Waals surface area contributed by atoms with Crippen LogP contribution in [0.4, 0.5) is 0 Å². The fourth-order valence-corrected chi connectivity index (χ4v) is 1.91. The molecule has 0 unspecified atom stereocenters. The molecule has 78 valence electrons. The van der Waals surface area contributed by atoms with Gasteiger partial charge in [0.25, 0.3) is 0 Å². The van der Waals surface area contributed by atoms with Crippen molar-refractivity contribution in [3.8, 4) is 0 Å². The zero-order valence-electron chi connectivity index (χ0n) is 9.25. The summed E-state index contributed by atoms with van der Waals surface area (Å²) >= 11 is 0. The molecule has 1 saturated carbocycles. The van der Waals surface area contributed by atoms with Crippen LogP contribution in [0.25, 0.3) is 0 Å². The molecule has 2 N–H and O–H groups in total. The Balaban J connectivity index is 2.29. The van der Waals surface area contributed by atoms with Gasteiger partial charge < -0.3 is 5.73 Å². The van der Waals surface area contributed by atoms with Gasteiger partial charge in [-0.15, -0.1) is 0 Å². The summed E-state index contributed by atoms with van der Waals surface area (Å²) in [5.74, 6) is 0. The highest BCUT2D eigenvalue weighted by Gasteiger charge is 2.52. The predicted molar refractivity (Wildman–Crippen MR) is 57.1 cm³/mol. The average Bonchev–Trinajstić information content (AvgIpc) is 2.73. The number of rotatable bonds is 3. The van der Waals surface area contributed by atoms with E-state index in [0.29, 0.717) is 0 Å². The summed E-state index contributed by atoms with van der Waals surface area (Å²) in [5.41, 5.74) is 7.60. The Bertz CT molecular complexity index is 334. The molecule has 0 radical (unpaired) electrons. The molecule has 1 aromatic rings. The van der Waals surface area contributed by atoms with E-state index in [1.807, 2.05) is 10.9 Å². The molecule has 0 bridgehead atoms. The van der Waals surface area contributed by atoms with Crippen molar-refractivity contribution in [2.75, 3.05) is 0 Å². The second-order valence-electron chi connectivity index (χ2n) is 4.87. The molecule has 1 aliphatic rings. The van der Waals surface area contributed by atoms with Gasteiger partial charge in [0.15, 0.2) is 0 Å². The third kappa shape index (κ3) is 1.27. The molecular formula is C11H19N3. The zero-order valence-corrected chi connectivity index (χ0v) is 9.25. The molecular weight excluding hydrogens is 174 g/mol. The molecule has 0 aromatic carbocycles. The molecule has 0 atom stereocenters. The van der Waals surface area contributed by atoms with Crippen LogP contribution in [0.5, 0.6) is 0 Å². The molecule has 1 heterocycles. The smallest absolute Gasteiger partial charge is 0.0527 e. The van der Waals surface area contributed by atoms with Crippen molar-refractivity contribution in [1.29, 1.82) is 0 Å². The molecule has 14 heavy (non-hydrogen) atoms. The number of aryl methyl sites for hydroxylation is 1. The summed E-state index contributed by atoms with van der Waals surface area (Å²) < 4.78 is 1.96. The summed E-state index contributed by atoms with van der Waals surface area (Å²) in [5, 5.41) is 4.30. The average molecular weight is 193 g/mol. The number of aromatic nitrogens is 2. The Morgan fingerprint density at radius 2 is 2.21 bits per heavy atom. The number of nitrogens with zero attached hydrogens (tertiary/aromatic N) is 2. The van der Waals surface area contributed by atoms with E-state index in [9.17, 15) is 0 Å². The third-order valence-electron chi connectivity index (χ3n) is 3.71. The first-order chi connectivity index (χ1) is 6.49. The van der Waals surface area contributed by atoms with Crippen molar-refractivity contribution >= 4 is 0 Å². The lowest BCUT2D eigenvalue weighted by Gasteiger charge is -2.30. The maximum absolute atomic E-state index is 6.27. The second-order valence-corrected chi connectivity index (χ2v) is 4.87. The first kappa shape index (κ1) is 9.71. The number of hydrogen-bond acceptors (Lipinski definition) is 2. The molecule has 0 spiro atoms. The van der Waals surface area contributed by atoms with E-state index in [2.05, 4.69) is 32.1 Å². The van der Waals surface area contributed by atoms with Crippen molar-refractivity contribution in [3.63, 3.8) is 0 Å². The quantitative estimate of drug-likeness (QED) is 0.793. The molecule has 2 rings (SSSR count). The summed E-state index contributed by atoms with van der Waals surface area (Å²) in [4.78, 5) is 0. The van der Waals surface area contributed by atoms with E-state index in [-0.39, 0.29) is 11.0 Å². The van der Waals surface area contributed by atoms with Crippen LogP contribution < -0.4 is 5.73 Å². The van der Waals surface area contributed by atoms with Gasteiger partial charge in [-0.1, -0.05) is 13.8 Å². The van der Waals surface area contributed by atoms with E-state index >= 15 is 0 Å². The third-order valence-corrected chi connectivity index (χ3v) is 3.71. The highest BCUT2D eigenvalue weighted by Crippen LogP contribution is 2.48. The van der Waals surface area contributed by atoms with Gasteiger partial charge in [-0.25, -0.2) is 0 Å². The Morgan fingerprint density at radius 1 is 1.57 bits per heavy atom. The molecule has 1 aromatic heterocycles. The molecule has 0 saturated heterocycles. The van der Waals surface area contributed by atoms with Crippen molar-refractivity contribution in [3.05, 3.63) is 18.0 Å². The topological polar surface area (TPSA) is 43.8 Å². The molecule has 3 nitrogen and oxygen atoms in total. The fourth-order valence-electron chi connectivity index (χ4n) is 1.91. The van der Waals surface area contributed by atoms with Crippen LogP contribution in [0, 0.1) is 0 Å². The van der Waals surface area contributed by atoms with Gasteiger partial charge in [-0.05, 0) is 25.3 Å². The minimum Gasteiger partial charge on any atom is -0.324 e. The number of hydrogen-bond donors (Lipinski definition) is 1.